The number of nitrogens with two attached hydrogens (primary N) is 1. The molecular formula is C11H20N6O3. The standard InChI is InChI=1S/C11H20N6O3/c1-6(2)5-7(8(18)19-3)13-9-14-10(17-12)16-11(15-9)20-4/h6-7H,5,12H2,1-4H3,(H2,13,14,15,16,17). The normalized spacial score (nSPS) is 11.9. The van der Waals surface area contributed by atoms with Crippen LogP contribution in [0.3, 0.4) is 0 Å². The second kappa shape index (κ2) is 7.43. The minimum atomic E-state index is -0.558. The Balaban J connectivity index is 2.94. The highest BCUT2D eigenvalue weighted by Gasteiger charge is 2.22. The Morgan fingerprint density at radius 1 is 1.25 bits per heavy atom. The topological polar surface area (TPSA) is 124 Å². The Kier molecular flexibility index (Phi) is 5.91. The Bertz CT molecular complexity index is 432. The largest absolute Gasteiger partial charge is 0.467 e. The predicted molar refractivity (Wildman–Crippen MR) is 73.1 cm³/mol. The molecule has 0 radical (unpaired) electrons. The summed E-state index contributed by atoms with van der Waals surface area (Å²) in [4.78, 5) is 23.6. The van der Waals surface area contributed by atoms with E-state index in [1.807, 2.05) is 13.8 Å². The third kappa shape index (κ3) is 4.50. The van der Waals surface area contributed by atoms with Gasteiger partial charge in [0.1, 0.15) is 6.04 Å². The predicted octanol–water partition coefficient (Wildman–Crippen LogP) is 0.165. The molecule has 0 aliphatic heterocycles. The van der Waals surface area contributed by atoms with Crippen LogP contribution in [0, 0.1) is 5.92 Å². The number of carbonyl (C=O) groups excluding carboxylic acids is 1. The minimum Gasteiger partial charge on any atom is -0.467 e. The molecule has 0 aliphatic rings. The van der Waals surface area contributed by atoms with E-state index in [1.54, 1.807) is 0 Å². The number of hydrogen-bond acceptors (Lipinski definition) is 9. The number of anilines is 2. The highest BCUT2D eigenvalue weighted by Crippen LogP contribution is 2.14. The fourth-order valence-electron chi connectivity index (χ4n) is 1.56. The van der Waals surface area contributed by atoms with Crippen LogP contribution in [0.15, 0.2) is 0 Å². The van der Waals surface area contributed by atoms with Crippen molar-refractivity contribution in [3.8, 4) is 6.01 Å². The number of hydrazine groups is 1. The summed E-state index contributed by atoms with van der Waals surface area (Å²) in [6.07, 6.45) is 0.575. The first kappa shape index (κ1) is 15.9. The maximum absolute atomic E-state index is 11.7. The number of hydrogen-bond donors (Lipinski definition) is 3. The van der Waals surface area contributed by atoms with Crippen molar-refractivity contribution in [3.63, 3.8) is 0 Å². The number of rotatable bonds is 7. The summed E-state index contributed by atoms with van der Waals surface area (Å²) in [5.74, 6) is 5.48. The minimum absolute atomic E-state index is 0.0867. The van der Waals surface area contributed by atoms with Crippen molar-refractivity contribution in [2.24, 2.45) is 11.8 Å². The molecule has 0 fully saturated rings. The van der Waals surface area contributed by atoms with Gasteiger partial charge in [0, 0.05) is 0 Å². The monoisotopic (exact) mass is 284 g/mol. The van der Waals surface area contributed by atoms with Gasteiger partial charge in [0.05, 0.1) is 14.2 Å². The third-order valence-corrected chi connectivity index (χ3v) is 2.42. The molecule has 0 aromatic carbocycles. The summed E-state index contributed by atoms with van der Waals surface area (Å²) in [6, 6.07) is -0.471. The first-order valence-electron chi connectivity index (χ1n) is 6.11. The van der Waals surface area contributed by atoms with E-state index in [2.05, 4.69) is 25.7 Å². The van der Waals surface area contributed by atoms with Crippen LogP contribution < -0.4 is 21.3 Å². The zero-order valence-electron chi connectivity index (χ0n) is 12.0. The number of aromatic nitrogens is 3. The molecule has 112 valence electrons. The highest BCUT2D eigenvalue weighted by molar-refractivity contribution is 5.78. The molecule has 0 saturated heterocycles. The van der Waals surface area contributed by atoms with Gasteiger partial charge in [0.15, 0.2) is 0 Å². The number of nitrogens with zero attached hydrogens (tertiary/aromatic N) is 3. The number of esters is 1. The van der Waals surface area contributed by atoms with Crippen molar-refractivity contribution < 1.29 is 14.3 Å². The van der Waals surface area contributed by atoms with E-state index in [0.717, 1.165) is 0 Å². The van der Waals surface area contributed by atoms with Crippen molar-refractivity contribution >= 4 is 17.9 Å². The molecule has 1 aromatic heterocycles. The number of methoxy groups -OCH3 is 2. The van der Waals surface area contributed by atoms with Crippen LogP contribution in [0.25, 0.3) is 0 Å². The summed E-state index contributed by atoms with van der Waals surface area (Å²) in [5, 5.41) is 2.90. The summed E-state index contributed by atoms with van der Waals surface area (Å²) < 4.78 is 9.69. The Labute approximate surface area is 117 Å². The molecule has 0 bridgehead atoms. The van der Waals surface area contributed by atoms with E-state index in [0.29, 0.717) is 12.3 Å². The zero-order chi connectivity index (χ0) is 15.1. The number of ether oxygens (including phenoxy) is 2. The van der Waals surface area contributed by atoms with E-state index in [1.165, 1.54) is 14.2 Å². The zero-order valence-corrected chi connectivity index (χ0v) is 12.0. The molecule has 4 N–H and O–H groups in total. The Hall–Kier alpha value is -2.16. The van der Waals surface area contributed by atoms with Gasteiger partial charge < -0.3 is 14.8 Å². The first-order valence-corrected chi connectivity index (χ1v) is 6.11. The average molecular weight is 284 g/mol. The SMILES string of the molecule is COC(=O)C(CC(C)C)Nc1nc(NN)nc(OC)n1. The van der Waals surface area contributed by atoms with Gasteiger partial charge in [-0.25, -0.2) is 10.6 Å². The molecule has 1 atom stereocenters. The maximum atomic E-state index is 11.7. The third-order valence-electron chi connectivity index (χ3n) is 2.42. The number of carbonyl (C=O) groups is 1. The first-order chi connectivity index (χ1) is 9.49. The second-order valence-corrected chi connectivity index (χ2v) is 4.46. The average Bonchev–Trinajstić information content (AvgIpc) is 2.44. The molecule has 1 rings (SSSR count). The Morgan fingerprint density at radius 2 is 1.90 bits per heavy atom. The van der Waals surface area contributed by atoms with Gasteiger partial charge in [-0.2, -0.15) is 15.0 Å². The molecule has 1 aromatic rings. The molecule has 9 nitrogen and oxygen atoms in total. The number of nitrogens with one attached hydrogen (secondary N) is 2. The highest BCUT2D eigenvalue weighted by atomic mass is 16.5. The van der Waals surface area contributed by atoms with Gasteiger partial charge in [-0.3, -0.25) is 5.43 Å². The van der Waals surface area contributed by atoms with Gasteiger partial charge in [-0.05, 0) is 12.3 Å². The summed E-state index contributed by atoms with van der Waals surface area (Å²) in [6.45, 7) is 4.00. The van der Waals surface area contributed by atoms with Crippen molar-refractivity contribution in [3.05, 3.63) is 0 Å². The van der Waals surface area contributed by atoms with Crippen LogP contribution >= 0.6 is 0 Å². The smallest absolute Gasteiger partial charge is 0.328 e. The van der Waals surface area contributed by atoms with Gasteiger partial charge in [-0.15, -0.1) is 0 Å². The van der Waals surface area contributed by atoms with Crippen LogP contribution in [-0.4, -0.2) is 41.2 Å². The van der Waals surface area contributed by atoms with Crippen molar-refractivity contribution in [1.29, 1.82) is 0 Å². The maximum Gasteiger partial charge on any atom is 0.328 e. The lowest BCUT2D eigenvalue weighted by Gasteiger charge is -2.18. The van der Waals surface area contributed by atoms with Gasteiger partial charge >= 0.3 is 12.0 Å². The quantitative estimate of drug-likeness (QED) is 0.365. The van der Waals surface area contributed by atoms with E-state index < -0.39 is 6.04 Å². The fraction of sp³-hybridized carbons (Fsp3) is 0.636. The van der Waals surface area contributed by atoms with Gasteiger partial charge in [-0.1, -0.05) is 13.8 Å². The van der Waals surface area contributed by atoms with Gasteiger partial charge in [0.25, 0.3) is 0 Å². The van der Waals surface area contributed by atoms with Crippen LogP contribution in [0.4, 0.5) is 11.9 Å². The molecule has 0 aliphatic carbocycles. The van der Waals surface area contributed by atoms with Crippen LogP contribution in [0.5, 0.6) is 6.01 Å². The molecular weight excluding hydrogens is 264 g/mol. The Morgan fingerprint density at radius 3 is 2.40 bits per heavy atom. The van der Waals surface area contributed by atoms with E-state index in [9.17, 15) is 4.79 Å². The van der Waals surface area contributed by atoms with Crippen molar-refractivity contribution in [2.45, 2.75) is 26.3 Å². The summed E-state index contributed by atoms with van der Waals surface area (Å²) in [5.41, 5.74) is 2.30. The van der Waals surface area contributed by atoms with E-state index in [4.69, 9.17) is 15.3 Å². The lowest BCUT2D eigenvalue weighted by atomic mass is 10.0. The molecule has 1 heterocycles. The van der Waals surface area contributed by atoms with E-state index in [-0.39, 0.29) is 23.9 Å². The molecule has 0 amide bonds. The van der Waals surface area contributed by atoms with E-state index >= 15 is 0 Å². The van der Waals surface area contributed by atoms with Crippen LogP contribution in [-0.2, 0) is 9.53 Å². The molecule has 0 saturated carbocycles. The molecule has 20 heavy (non-hydrogen) atoms. The summed E-state index contributed by atoms with van der Waals surface area (Å²) in [7, 11) is 2.75. The lowest BCUT2D eigenvalue weighted by molar-refractivity contribution is -0.141. The lowest BCUT2D eigenvalue weighted by Crippen LogP contribution is -2.33. The van der Waals surface area contributed by atoms with Crippen molar-refractivity contribution in [2.75, 3.05) is 25.0 Å². The fourth-order valence-corrected chi connectivity index (χ4v) is 1.56. The summed E-state index contributed by atoms with van der Waals surface area (Å²) >= 11 is 0. The van der Waals surface area contributed by atoms with Gasteiger partial charge in [0.2, 0.25) is 11.9 Å². The second-order valence-electron chi connectivity index (χ2n) is 4.46. The molecule has 1 unspecified atom stereocenters. The van der Waals surface area contributed by atoms with Crippen LogP contribution in [0.2, 0.25) is 0 Å². The molecule has 9 heteroatoms. The number of nitrogen functional groups attached to an aromatic ring is 1. The van der Waals surface area contributed by atoms with Crippen molar-refractivity contribution in [1.82, 2.24) is 15.0 Å². The van der Waals surface area contributed by atoms with Crippen LogP contribution in [0.1, 0.15) is 20.3 Å². The molecule has 0 spiro atoms.